The van der Waals surface area contributed by atoms with E-state index in [1.807, 2.05) is 20.8 Å². The van der Waals surface area contributed by atoms with E-state index in [4.69, 9.17) is 4.74 Å². The zero-order chi connectivity index (χ0) is 11.5. The van der Waals surface area contributed by atoms with E-state index in [0.29, 0.717) is 5.92 Å². The molecule has 0 saturated heterocycles. The van der Waals surface area contributed by atoms with Crippen LogP contribution in [0, 0.1) is 5.92 Å². The average molecular weight is 211 g/mol. The molecule has 0 fully saturated rings. The summed E-state index contributed by atoms with van der Waals surface area (Å²) in [5, 5.41) is 2.85. The number of rotatable bonds is 2. The van der Waals surface area contributed by atoms with Crippen molar-refractivity contribution in [3.05, 3.63) is 12.2 Å². The van der Waals surface area contributed by atoms with Gasteiger partial charge in [0.05, 0.1) is 6.04 Å². The molecule has 1 aliphatic carbocycles. The number of hydrogen-bond acceptors (Lipinski definition) is 2. The van der Waals surface area contributed by atoms with Gasteiger partial charge in [-0.1, -0.05) is 19.1 Å². The lowest BCUT2D eigenvalue weighted by atomic mass is 10.1. The molecule has 15 heavy (non-hydrogen) atoms. The van der Waals surface area contributed by atoms with Crippen LogP contribution >= 0.6 is 0 Å². The van der Waals surface area contributed by atoms with Gasteiger partial charge in [0.1, 0.15) is 5.60 Å². The number of alkyl carbamates (subject to hydrolysis) is 1. The number of carbonyl (C=O) groups is 1. The Morgan fingerprint density at radius 1 is 1.47 bits per heavy atom. The molecule has 3 nitrogen and oxygen atoms in total. The molecule has 3 heteroatoms. The standard InChI is InChI=1S/C12H21NO2/c1-5-9-6-7-10(8-9)13-11(14)15-12(2,3)4/h6-7,9-10H,5,8H2,1-4H3,(H,13,14). The van der Waals surface area contributed by atoms with Crippen molar-refractivity contribution in [1.82, 2.24) is 5.32 Å². The van der Waals surface area contributed by atoms with E-state index in [1.54, 1.807) is 0 Å². The molecule has 1 rings (SSSR count). The van der Waals surface area contributed by atoms with Gasteiger partial charge in [0, 0.05) is 0 Å². The van der Waals surface area contributed by atoms with Crippen LogP contribution in [0.5, 0.6) is 0 Å². The number of carbonyl (C=O) groups excluding carboxylic acids is 1. The predicted molar refractivity (Wildman–Crippen MR) is 60.7 cm³/mol. The highest BCUT2D eigenvalue weighted by molar-refractivity contribution is 5.68. The minimum absolute atomic E-state index is 0.143. The fourth-order valence-corrected chi connectivity index (χ4v) is 1.64. The maximum absolute atomic E-state index is 11.4. The molecule has 2 unspecified atom stereocenters. The topological polar surface area (TPSA) is 38.3 Å². The quantitative estimate of drug-likeness (QED) is 0.713. The Morgan fingerprint density at radius 3 is 2.60 bits per heavy atom. The van der Waals surface area contributed by atoms with Gasteiger partial charge in [0.2, 0.25) is 0 Å². The summed E-state index contributed by atoms with van der Waals surface area (Å²) in [6.07, 6.45) is 6.02. The van der Waals surface area contributed by atoms with Gasteiger partial charge in [-0.25, -0.2) is 4.79 Å². The summed E-state index contributed by atoms with van der Waals surface area (Å²) in [7, 11) is 0. The maximum Gasteiger partial charge on any atom is 0.408 e. The number of ether oxygens (including phenoxy) is 1. The van der Waals surface area contributed by atoms with Crippen molar-refractivity contribution in [3.63, 3.8) is 0 Å². The molecule has 0 radical (unpaired) electrons. The number of allylic oxidation sites excluding steroid dienone is 1. The average Bonchev–Trinajstić information content (AvgIpc) is 2.48. The second-order valence-electron chi connectivity index (χ2n) is 5.04. The first-order valence-electron chi connectivity index (χ1n) is 5.58. The minimum Gasteiger partial charge on any atom is -0.444 e. The van der Waals surface area contributed by atoms with Gasteiger partial charge in [-0.15, -0.1) is 0 Å². The van der Waals surface area contributed by atoms with E-state index in [9.17, 15) is 4.79 Å². The van der Waals surface area contributed by atoms with Crippen molar-refractivity contribution in [2.24, 2.45) is 5.92 Å². The van der Waals surface area contributed by atoms with Gasteiger partial charge >= 0.3 is 6.09 Å². The summed E-state index contributed by atoms with van der Waals surface area (Å²) in [4.78, 5) is 11.4. The van der Waals surface area contributed by atoms with E-state index >= 15 is 0 Å². The van der Waals surface area contributed by atoms with Crippen LogP contribution in [0.25, 0.3) is 0 Å². The first-order valence-corrected chi connectivity index (χ1v) is 5.58. The smallest absolute Gasteiger partial charge is 0.408 e. The first-order chi connectivity index (χ1) is 6.90. The largest absolute Gasteiger partial charge is 0.444 e. The molecular formula is C12H21NO2. The van der Waals surface area contributed by atoms with Crippen LogP contribution in [-0.2, 0) is 4.74 Å². The molecule has 0 spiro atoms. The fourth-order valence-electron chi connectivity index (χ4n) is 1.64. The summed E-state index contributed by atoms with van der Waals surface area (Å²) in [5.74, 6) is 0.602. The lowest BCUT2D eigenvalue weighted by molar-refractivity contribution is 0.0512. The molecule has 1 N–H and O–H groups in total. The zero-order valence-electron chi connectivity index (χ0n) is 10.0. The predicted octanol–water partition coefficient (Wildman–Crippen LogP) is 2.87. The summed E-state index contributed by atoms with van der Waals surface area (Å²) in [6, 6.07) is 0.143. The normalized spacial score (nSPS) is 25.3. The highest BCUT2D eigenvalue weighted by atomic mass is 16.6. The Hall–Kier alpha value is -0.990. The van der Waals surface area contributed by atoms with E-state index in [2.05, 4.69) is 24.4 Å². The molecule has 0 heterocycles. The van der Waals surface area contributed by atoms with Gasteiger partial charge in [-0.2, -0.15) is 0 Å². The molecule has 1 aliphatic rings. The van der Waals surface area contributed by atoms with Crippen LogP contribution in [-0.4, -0.2) is 17.7 Å². The molecule has 1 amide bonds. The lowest BCUT2D eigenvalue weighted by Gasteiger charge is -2.21. The molecular weight excluding hydrogens is 190 g/mol. The molecule has 0 aliphatic heterocycles. The van der Waals surface area contributed by atoms with Crippen LogP contribution in [0.15, 0.2) is 12.2 Å². The highest BCUT2D eigenvalue weighted by Crippen LogP contribution is 2.20. The van der Waals surface area contributed by atoms with Gasteiger partial charge in [0.15, 0.2) is 0 Å². The zero-order valence-corrected chi connectivity index (χ0v) is 10.0. The number of nitrogens with one attached hydrogen (secondary N) is 1. The minimum atomic E-state index is -0.420. The third-order valence-electron chi connectivity index (χ3n) is 2.40. The number of hydrogen-bond donors (Lipinski definition) is 1. The second kappa shape index (κ2) is 4.69. The summed E-state index contributed by atoms with van der Waals surface area (Å²) in [6.45, 7) is 7.76. The molecule has 0 aromatic heterocycles. The van der Waals surface area contributed by atoms with Crippen molar-refractivity contribution in [1.29, 1.82) is 0 Å². The van der Waals surface area contributed by atoms with Crippen molar-refractivity contribution in [2.75, 3.05) is 0 Å². The molecule has 2 atom stereocenters. The van der Waals surface area contributed by atoms with Crippen molar-refractivity contribution >= 4 is 6.09 Å². The van der Waals surface area contributed by atoms with E-state index in [1.165, 1.54) is 0 Å². The van der Waals surface area contributed by atoms with Gasteiger partial charge in [-0.05, 0) is 39.5 Å². The van der Waals surface area contributed by atoms with Crippen molar-refractivity contribution < 1.29 is 9.53 Å². The van der Waals surface area contributed by atoms with Crippen molar-refractivity contribution in [2.45, 2.75) is 52.2 Å². The lowest BCUT2D eigenvalue weighted by Crippen LogP contribution is -2.37. The Morgan fingerprint density at radius 2 is 2.13 bits per heavy atom. The van der Waals surface area contributed by atoms with Crippen LogP contribution in [0.4, 0.5) is 4.79 Å². The monoisotopic (exact) mass is 211 g/mol. The van der Waals surface area contributed by atoms with E-state index in [-0.39, 0.29) is 12.1 Å². The maximum atomic E-state index is 11.4. The van der Waals surface area contributed by atoms with Gasteiger partial charge in [-0.3, -0.25) is 0 Å². The summed E-state index contributed by atoms with van der Waals surface area (Å²) >= 11 is 0. The first kappa shape index (κ1) is 12.1. The fraction of sp³-hybridized carbons (Fsp3) is 0.750. The van der Waals surface area contributed by atoms with Gasteiger partial charge < -0.3 is 10.1 Å². The molecule has 0 aromatic carbocycles. The summed E-state index contributed by atoms with van der Waals surface area (Å²) in [5.41, 5.74) is -0.420. The van der Waals surface area contributed by atoms with Crippen molar-refractivity contribution in [3.8, 4) is 0 Å². The van der Waals surface area contributed by atoms with Crippen LogP contribution in [0.2, 0.25) is 0 Å². The Labute approximate surface area is 91.9 Å². The molecule has 0 bridgehead atoms. The Kier molecular flexibility index (Phi) is 3.77. The van der Waals surface area contributed by atoms with Crippen LogP contribution in [0.1, 0.15) is 40.5 Å². The second-order valence-corrected chi connectivity index (χ2v) is 5.04. The highest BCUT2D eigenvalue weighted by Gasteiger charge is 2.22. The third-order valence-corrected chi connectivity index (χ3v) is 2.40. The summed E-state index contributed by atoms with van der Waals surface area (Å²) < 4.78 is 5.18. The Balaban J connectivity index is 2.32. The SMILES string of the molecule is CCC1C=CC(NC(=O)OC(C)(C)C)C1. The van der Waals surface area contributed by atoms with Crippen LogP contribution < -0.4 is 5.32 Å². The molecule has 0 saturated carbocycles. The van der Waals surface area contributed by atoms with Crippen LogP contribution in [0.3, 0.4) is 0 Å². The van der Waals surface area contributed by atoms with E-state index < -0.39 is 5.60 Å². The molecule has 0 aromatic rings. The third kappa shape index (κ3) is 4.36. The molecule has 86 valence electrons. The van der Waals surface area contributed by atoms with E-state index in [0.717, 1.165) is 12.8 Å². The van der Waals surface area contributed by atoms with Gasteiger partial charge in [0.25, 0.3) is 0 Å². The Bertz CT molecular complexity index is 253. The number of amides is 1.